The average Bonchev–Trinajstić information content (AvgIpc) is 3.38. The van der Waals surface area contributed by atoms with E-state index in [1.165, 1.54) is 6.08 Å². The zero-order valence-electron chi connectivity index (χ0n) is 17.9. The second kappa shape index (κ2) is 4.80. The molecule has 0 unspecified atom stereocenters. The Morgan fingerprint density at radius 2 is 2.30 bits per heavy atom. The maximum atomic E-state index is 10.3. The SMILES string of the molecule is [2H]C([2H])([2H])C(=CC[C@H]1O[C@]1(C)[C@H]1[C@H](OC)[C@H](O)CC[C@]12CO2)C([2H])([2H])[2H]. The molecule has 114 valence electrons. The second-order valence-corrected chi connectivity index (χ2v) is 6.28. The molecule has 3 aliphatic rings. The molecule has 1 saturated carbocycles. The van der Waals surface area contributed by atoms with Gasteiger partial charge in [0.15, 0.2) is 0 Å². The summed E-state index contributed by atoms with van der Waals surface area (Å²) in [7, 11) is 1.55. The fraction of sp³-hybridized carbons (Fsp3) is 0.875. The van der Waals surface area contributed by atoms with Gasteiger partial charge in [0.25, 0.3) is 0 Å². The van der Waals surface area contributed by atoms with E-state index in [4.69, 9.17) is 22.4 Å². The van der Waals surface area contributed by atoms with Crippen LogP contribution < -0.4 is 0 Å². The zero-order valence-corrected chi connectivity index (χ0v) is 11.9. The molecule has 2 heterocycles. The smallest absolute Gasteiger partial charge is 0.101 e. The van der Waals surface area contributed by atoms with Crippen molar-refractivity contribution < 1.29 is 27.5 Å². The third-order valence-corrected chi connectivity index (χ3v) is 5.06. The largest absolute Gasteiger partial charge is 0.390 e. The summed E-state index contributed by atoms with van der Waals surface area (Å²) in [6.45, 7) is -2.86. The summed E-state index contributed by atoms with van der Waals surface area (Å²) < 4.78 is 61.9. The summed E-state index contributed by atoms with van der Waals surface area (Å²) in [4.78, 5) is 0. The highest BCUT2D eigenvalue weighted by Gasteiger charge is 2.71. The number of ether oxygens (including phenoxy) is 3. The predicted molar refractivity (Wildman–Crippen MR) is 75.5 cm³/mol. The van der Waals surface area contributed by atoms with Crippen LogP contribution in [-0.4, -0.2) is 48.3 Å². The number of methoxy groups -OCH3 is 1. The molecule has 4 heteroatoms. The van der Waals surface area contributed by atoms with Gasteiger partial charge in [0, 0.05) is 15.3 Å². The van der Waals surface area contributed by atoms with Crippen LogP contribution in [0.5, 0.6) is 0 Å². The summed E-state index contributed by atoms with van der Waals surface area (Å²) >= 11 is 0. The molecule has 1 spiro atoms. The zero-order chi connectivity index (χ0) is 19.5. The van der Waals surface area contributed by atoms with Crippen molar-refractivity contribution in [3.05, 3.63) is 11.6 Å². The van der Waals surface area contributed by atoms with Crippen molar-refractivity contribution in [3.63, 3.8) is 0 Å². The van der Waals surface area contributed by atoms with Crippen molar-refractivity contribution in [1.82, 2.24) is 0 Å². The normalized spacial score (nSPS) is 55.8. The molecule has 2 aliphatic heterocycles. The number of aliphatic hydroxyl groups is 1. The highest BCUT2D eigenvalue weighted by Crippen LogP contribution is 2.59. The van der Waals surface area contributed by atoms with Gasteiger partial charge in [-0.2, -0.15) is 0 Å². The summed E-state index contributed by atoms with van der Waals surface area (Å²) in [5.74, 6) is -0.189. The van der Waals surface area contributed by atoms with E-state index in [1.807, 2.05) is 6.92 Å². The minimum Gasteiger partial charge on any atom is -0.390 e. The molecule has 20 heavy (non-hydrogen) atoms. The Balaban J connectivity index is 1.78. The van der Waals surface area contributed by atoms with Gasteiger partial charge in [-0.1, -0.05) is 11.6 Å². The second-order valence-electron chi connectivity index (χ2n) is 6.28. The van der Waals surface area contributed by atoms with Crippen molar-refractivity contribution in [1.29, 1.82) is 0 Å². The van der Waals surface area contributed by atoms with E-state index >= 15 is 0 Å². The first-order chi connectivity index (χ1) is 11.8. The highest BCUT2D eigenvalue weighted by molar-refractivity contribution is 5.20. The highest BCUT2D eigenvalue weighted by atomic mass is 16.6. The molecule has 1 aliphatic carbocycles. The van der Waals surface area contributed by atoms with Gasteiger partial charge in [-0.3, -0.25) is 0 Å². The number of rotatable bonds is 4. The lowest BCUT2D eigenvalue weighted by Crippen LogP contribution is -2.54. The van der Waals surface area contributed by atoms with E-state index in [-0.39, 0.29) is 24.0 Å². The molecule has 0 aromatic heterocycles. The topological polar surface area (TPSA) is 54.5 Å². The molecule has 0 radical (unpaired) electrons. The summed E-state index contributed by atoms with van der Waals surface area (Å²) in [5.41, 5.74) is -1.56. The van der Waals surface area contributed by atoms with E-state index in [1.54, 1.807) is 7.11 Å². The van der Waals surface area contributed by atoms with Crippen molar-refractivity contribution in [2.24, 2.45) is 5.92 Å². The van der Waals surface area contributed by atoms with Crippen LogP contribution in [0.15, 0.2) is 11.6 Å². The molecule has 0 aromatic rings. The molecule has 4 nitrogen and oxygen atoms in total. The van der Waals surface area contributed by atoms with E-state index < -0.39 is 37.1 Å². The number of allylic oxidation sites excluding steroid dienone is 1. The van der Waals surface area contributed by atoms with E-state index in [0.29, 0.717) is 13.0 Å². The standard InChI is InChI=1S/C16H26O4/c1-10(2)5-6-12-15(3,20-12)14-13(18-4)11(17)7-8-16(14)9-19-16/h5,11-14,17H,6-9H2,1-4H3/t11-,12-,13-,14-,15+,16+/m1/s1/i1D3,2D3. The molecular weight excluding hydrogens is 256 g/mol. The maximum Gasteiger partial charge on any atom is 0.101 e. The van der Waals surface area contributed by atoms with Crippen molar-refractivity contribution >= 4 is 0 Å². The first-order valence-electron chi connectivity index (χ1n) is 10.1. The van der Waals surface area contributed by atoms with Gasteiger partial charge in [-0.15, -0.1) is 0 Å². The van der Waals surface area contributed by atoms with Crippen LogP contribution >= 0.6 is 0 Å². The molecule has 2 saturated heterocycles. The lowest BCUT2D eigenvalue weighted by molar-refractivity contribution is -0.116. The van der Waals surface area contributed by atoms with E-state index in [2.05, 4.69) is 0 Å². The predicted octanol–water partition coefficient (Wildman–Crippen LogP) is 2.06. The van der Waals surface area contributed by atoms with E-state index in [9.17, 15) is 5.11 Å². The minimum absolute atomic E-state index is 0.182. The van der Waals surface area contributed by atoms with Crippen molar-refractivity contribution in [2.45, 2.75) is 69.4 Å². The van der Waals surface area contributed by atoms with Crippen LogP contribution in [0.1, 0.15) is 48.1 Å². The van der Waals surface area contributed by atoms with Crippen LogP contribution in [0.4, 0.5) is 0 Å². The van der Waals surface area contributed by atoms with Gasteiger partial charge in [-0.25, -0.2) is 0 Å². The first-order valence-corrected chi connectivity index (χ1v) is 7.09. The fourth-order valence-electron chi connectivity index (χ4n) is 3.84. The number of hydrogen-bond donors (Lipinski definition) is 1. The Bertz CT molecular complexity index is 566. The van der Waals surface area contributed by atoms with Crippen LogP contribution in [0.3, 0.4) is 0 Å². The van der Waals surface area contributed by atoms with Crippen LogP contribution in [0, 0.1) is 5.92 Å². The molecule has 1 N–H and O–H groups in total. The Kier molecular flexibility index (Phi) is 2.13. The monoisotopic (exact) mass is 288 g/mol. The minimum atomic E-state index is -2.67. The fourth-order valence-corrected chi connectivity index (χ4v) is 3.84. The van der Waals surface area contributed by atoms with Crippen LogP contribution in [0.25, 0.3) is 0 Å². The lowest BCUT2D eigenvalue weighted by atomic mass is 9.68. The lowest BCUT2D eigenvalue weighted by Gasteiger charge is -2.41. The molecule has 0 amide bonds. The summed E-state index contributed by atoms with van der Waals surface area (Å²) in [6, 6.07) is 0. The molecule has 6 atom stereocenters. The first kappa shape index (κ1) is 8.89. The Morgan fingerprint density at radius 1 is 1.55 bits per heavy atom. The Labute approximate surface area is 129 Å². The quantitative estimate of drug-likeness (QED) is 0.635. The number of epoxide rings is 2. The Hall–Kier alpha value is -0.420. The van der Waals surface area contributed by atoms with Gasteiger partial charge in [0.1, 0.15) is 5.60 Å². The molecule has 0 aromatic carbocycles. The van der Waals surface area contributed by atoms with E-state index in [0.717, 1.165) is 6.42 Å². The molecule has 3 fully saturated rings. The van der Waals surface area contributed by atoms with Crippen LogP contribution in [-0.2, 0) is 14.2 Å². The number of aliphatic hydroxyl groups excluding tert-OH is 1. The van der Waals surface area contributed by atoms with Crippen LogP contribution in [0.2, 0.25) is 0 Å². The summed E-state index contributed by atoms with van der Waals surface area (Å²) in [6.07, 6.45) is 1.37. The third-order valence-electron chi connectivity index (χ3n) is 5.06. The van der Waals surface area contributed by atoms with Gasteiger partial charge in [-0.05, 0) is 39.9 Å². The number of hydrogen-bond acceptors (Lipinski definition) is 4. The van der Waals surface area contributed by atoms with Gasteiger partial charge >= 0.3 is 0 Å². The van der Waals surface area contributed by atoms with Gasteiger partial charge in [0.05, 0.1) is 36.4 Å². The molecular formula is C16H26O4. The third kappa shape index (κ3) is 2.23. The average molecular weight is 288 g/mol. The summed E-state index contributed by atoms with van der Waals surface area (Å²) in [5, 5.41) is 10.3. The van der Waals surface area contributed by atoms with Crippen molar-refractivity contribution in [3.8, 4) is 0 Å². The van der Waals surface area contributed by atoms with Crippen molar-refractivity contribution in [2.75, 3.05) is 13.7 Å². The molecule has 3 rings (SSSR count). The maximum absolute atomic E-state index is 10.3. The Morgan fingerprint density at radius 3 is 2.90 bits per heavy atom. The van der Waals surface area contributed by atoms with Gasteiger partial charge in [0.2, 0.25) is 0 Å². The molecule has 0 bridgehead atoms. The van der Waals surface area contributed by atoms with Gasteiger partial charge < -0.3 is 19.3 Å².